The third-order valence-electron chi connectivity index (χ3n) is 4.51. The molecule has 0 saturated carbocycles. The van der Waals surface area contributed by atoms with Crippen LogP contribution in [0, 0.1) is 0 Å². The highest BCUT2D eigenvalue weighted by Gasteiger charge is 2.44. The Bertz CT molecular complexity index is 1010. The lowest BCUT2D eigenvalue weighted by molar-refractivity contribution is -0.274. The highest BCUT2D eigenvalue weighted by Crippen LogP contribution is 2.38. The normalized spacial score (nSPS) is 17.5. The van der Waals surface area contributed by atoms with E-state index < -0.39 is 46.9 Å². The molecule has 3 amide bonds. The maximum Gasteiger partial charge on any atom is 0.573 e. The van der Waals surface area contributed by atoms with Crippen molar-refractivity contribution in [1.82, 2.24) is 4.90 Å². The Morgan fingerprint density at radius 1 is 1.00 bits per heavy atom. The van der Waals surface area contributed by atoms with Gasteiger partial charge in [0.15, 0.2) is 0 Å². The van der Waals surface area contributed by atoms with Crippen molar-refractivity contribution in [3.05, 3.63) is 58.6 Å². The molecule has 31 heavy (non-hydrogen) atoms. The smallest absolute Gasteiger partial charge is 0.406 e. The maximum atomic E-state index is 12.9. The van der Waals surface area contributed by atoms with Crippen molar-refractivity contribution < 1.29 is 40.7 Å². The molecular formula is C19H13ClF6N2O3. The predicted octanol–water partition coefficient (Wildman–Crippen LogP) is 5.61. The van der Waals surface area contributed by atoms with Gasteiger partial charge >= 0.3 is 18.6 Å². The molecule has 2 aromatic rings. The summed E-state index contributed by atoms with van der Waals surface area (Å²) in [6.45, 7) is 1.30. The van der Waals surface area contributed by atoms with E-state index in [0.717, 1.165) is 29.2 Å². The van der Waals surface area contributed by atoms with Gasteiger partial charge in [0, 0.05) is 6.54 Å². The summed E-state index contributed by atoms with van der Waals surface area (Å²) >= 11 is 5.68. The van der Waals surface area contributed by atoms with Gasteiger partial charge in [0.1, 0.15) is 11.8 Å². The first-order chi connectivity index (χ1) is 14.3. The molecule has 1 fully saturated rings. The van der Waals surface area contributed by atoms with Crippen LogP contribution in [-0.4, -0.2) is 29.2 Å². The molecule has 12 heteroatoms. The van der Waals surface area contributed by atoms with Gasteiger partial charge in [-0.15, -0.1) is 13.2 Å². The van der Waals surface area contributed by atoms with Crippen molar-refractivity contribution in [2.45, 2.75) is 32.0 Å². The standard InChI is InChI=1S/C19H13ClF6N2O3/c1-10-16(29)28(12-4-7-14(15(20)8-12)18(21,22)23)17(30)27(10)9-11-2-5-13(6-3-11)31-19(24,25)26/h2-8,10H,9H2,1H3/t10-/m0/s1. The zero-order chi connectivity index (χ0) is 23.1. The summed E-state index contributed by atoms with van der Waals surface area (Å²) in [6.07, 6.45) is -9.55. The van der Waals surface area contributed by atoms with Crippen molar-refractivity contribution in [3.63, 3.8) is 0 Å². The summed E-state index contributed by atoms with van der Waals surface area (Å²) < 4.78 is 79.2. The Hall–Kier alpha value is -2.95. The average Bonchev–Trinajstić information content (AvgIpc) is 2.84. The minimum absolute atomic E-state index is 0.122. The van der Waals surface area contributed by atoms with Crippen molar-refractivity contribution in [2.24, 2.45) is 0 Å². The molecule has 0 spiro atoms. The number of rotatable bonds is 4. The van der Waals surface area contributed by atoms with Gasteiger partial charge in [-0.1, -0.05) is 23.7 Å². The molecule has 3 rings (SSSR count). The van der Waals surface area contributed by atoms with Crippen LogP contribution in [0.25, 0.3) is 0 Å². The van der Waals surface area contributed by atoms with Crippen molar-refractivity contribution >= 4 is 29.2 Å². The van der Waals surface area contributed by atoms with Gasteiger partial charge in [-0.25, -0.2) is 9.69 Å². The number of hydrogen-bond acceptors (Lipinski definition) is 3. The topological polar surface area (TPSA) is 49.9 Å². The molecule has 1 saturated heterocycles. The molecule has 0 unspecified atom stereocenters. The number of amides is 3. The number of ether oxygens (including phenoxy) is 1. The zero-order valence-corrected chi connectivity index (χ0v) is 16.3. The van der Waals surface area contributed by atoms with E-state index >= 15 is 0 Å². The van der Waals surface area contributed by atoms with Gasteiger partial charge in [-0.05, 0) is 42.8 Å². The van der Waals surface area contributed by atoms with Crippen molar-refractivity contribution in [1.29, 1.82) is 0 Å². The quantitative estimate of drug-likeness (QED) is 0.434. The number of carbonyl (C=O) groups is 2. The van der Waals surface area contributed by atoms with E-state index in [1.54, 1.807) is 0 Å². The van der Waals surface area contributed by atoms with Crippen LogP contribution in [0.1, 0.15) is 18.1 Å². The van der Waals surface area contributed by atoms with Gasteiger partial charge in [-0.2, -0.15) is 13.2 Å². The molecule has 0 N–H and O–H groups in total. The van der Waals surface area contributed by atoms with Crippen LogP contribution in [0.2, 0.25) is 5.02 Å². The molecule has 166 valence electrons. The van der Waals surface area contributed by atoms with Gasteiger partial charge in [-0.3, -0.25) is 4.79 Å². The number of imide groups is 1. The minimum atomic E-state index is -4.85. The van der Waals surface area contributed by atoms with E-state index in [9.17, 15) is 35.9 Å². The summed E-state index contributed by atoms with van der Waals surface area (Å²) in [7, 11) is 0. The van der Waals surface area contributed by atoms with Crippen LogP contribution in [0.5, 0.6) is 5.75 Å². The molecule has 1 aliphatic rings. The first-order valence-electron chi connectivity index (χ1n) is 8.64. The number of anilines is 1. The van der Waals surface area contributed by atoms with E-state index in [1.807, 2.05) is 0 Å². The number of nitrogens with zero attached hydrogens (tertiary/aromatic N) is 2. The summed E-state index contributed by atoms with van der Waals surface area (Å²) in [6, 6.07) is 5.46. The second-order valence-corrected chi connectivity index (χ2v) is 7.02. The Labute approximate surface area is 176 Å². The molecule has 2 aromatic carbocycles. The predicted molar refractivity (Wildman–Crippen MR) is 97.5 cm³/mol. The van der Waals surface area contributed by atoms with Crippen LogP contribution in [0.3, 0.4) is 0 Å². The fourth-order valence-electron chi connectivity index (χ4n) is 3.02. The monoisotopic (exact) mass is 466 g/mol. The Morgan fingerprint density at radius 2 is 1.61 bits per heavy atom. The van der Waals surface area contributed by atoms with E-state index in [4.69, 9.17) is 11.6 Å². The first-order valence-corrected chi connectivity index (χ1v) is 9.02. The summed E-state index contributed by atoms with van der Waals surface area (Å²) in [4.78, 5) is 27.2. The van der Waals surface area contributed by atoms with Crippen molar-refractivity contribution in [2.75, 3.05) is 4.90 Å². The van der Waals surface area contributed by atoms with Crippen LogP contribution in [0.4, 0.5) is 36.8 Å². The van der Waals surface area contributed by atoms with Gasteiger partial charge < -0.3 is 9.64 Å². The summed E-state index contributed by atoms with van der Waals surface area (Å²) in [5.74, 6) is -1.13. The summed E-state index contributed by atoms with van der Waals surface area (Å²) in [5, 5.41) is -0.669. The third kappa shape index (κ3) is 4.87. The Balaban J connectivity index is 1.80. The average molecular weight is 467 g/mol. The Morgan fingerprint density at radius 3 is 2.13 bits per heavy atom. The Kier molecular flexibility index (Phi) is 5.83. The molecule has 0 aromatic heterocycles. The number of carbonyl (C=O) groups excluding carboxylic acids is 2. The third-order valence-corrected chi connectivity index (χ3v) is 4.82. The molecule has 1 heterocycles. The van der Waals surface area contributed by atoms with E-state index in [0.29, 0.717) is 16.5 Å². The number of alkyl halides is 6. The first kappa shape index (κ1) is 22.7. The van der Waals surface area contributed by atoms with E-state index in [1.165, 1.54) is 19.1 Å². The SMILES string of the molecule is C[C@H]1C(=O)N(c2ccc(C(F)(F)F)c(Cl)c2)C(=O)N1Cc1ccc(OC(F)(F)F)cc1. The number of halogens is 7. The van der Waals surface area contributed by atoms with E-state index in [2.05, 4.69) is 4.74 Å². The molecule has 1 atom stereocenters. The van der Waals surface area contributed by atoms with Crippen LogP contribution in [0.15, 0.2) is 42.5 Å². The molecule has 0 radical (unpaired) electrons. The van der Waals surface area contributed by atoms with Gasteiger partial charge in [0.2, 0.25) is 0 Å². The fraction of sp³-hybridized carbons (Fsp3) is 0.263. The number of urea groups is 1. The van der Waals surface area contributed by atoms with Crippen LogP contribution >= 0.6 is 11.6 Å². The lowest BCUT2D eigenvalue weighted by Crippen LogP contribution is -2.33. The molecular weight excluding hydrogens is 454 g/mol. The highest BCUT2D eigenvalue weighted by molar-refractivity contribution is 6.32. The lowest BCUT2D eigenvalue weighted by atomic mass is 10.2. The van der Waals surface area contributed by atoms with Crippen LogP contribution < -0.4 is 9.64 Å². The van der Waals surface area contributed by atoms with Gasteiger partial charge in [0.25, 0.3) is 5.91 Å². The molecule has 0 bridgehead atoms. The second kappa shape index (κ2) is 7.95. The molecule has 1 aliphatic heterocycles. The summed E-state index contributed by atoms with van der Waals surface area (Å²) in [5.41, 5.74) is -0.825. The van der Waals surface area contributed by atoms with Crippen molar-refractivity contribution in [3.8, 4) is 5.75 Å². The van der Waals surface area contributed by atoms with Crippen LogP contribution in [-0.2, 0) is 17.5 Å². The second-order valence-electron chi connectivity index (χ2n) is 6.61. The molecule has 5 nitrogen and oxygen atoms in total. The van der Waals surface area contributed by atoms with Gasteiger partial charge in [0.05, 0.1) is 16.3 Å². The lowest BCUT2D eigenvalue weighted by Gasteiger charge is -2.20. The maximum absolute atomic E-state index is 12.9. The number of benzene rings is 2. The zero-order valence-electron chi connectivity index (χ0n) is 15.6. The molecule has 0 aliphatic carbocycles. The van der Waals surface area contributed by atoms with E-state index in [-0.39, 0.29) is 12.2 Å². The fourth-order valence-corrected chi connectivity index (χ4v) is 3.30. The highest BCUT2D eigenvalue weighted by atomic mass is 35.5. The number of hydrogen-bond donors (Lipinski definition) is 0. The largest absolute Gasteiger partial charge is 0.573 e. The minimum Gasteiger partial charge on any atom is -0.406 e.